The first-order chi connectivity index (χ1) is 17.2. The Morgan fingerprint density at radius 2 is 1.89 bits per heavy atom. The van der Waals surface area contributed by atoms with Gasteiger partial charge in [0, 0.05) is 51.9 Å². The summed E-state index contributed by atoms with van der Waals surface area (Å²) in [6.45, 7) is 3.59. The Hall–Kier alpha value is -3.86. The van der Waals surface area contributed by atoms with Gasteiger partial charge in [0.25, 0.3) is 5.91 Å². The maximum absolute atomic E-state index is 15.1. The third-order valence-corrected chi connectivity index (χ3v) is 6.19. The fourth-order valence-electron chi connectivity index (χ4n) is 4.22. The van der Waals surface area contributed by atoms with Crippen LogP contribution in [0.25, 0.3) is 0 Å². The smallest absolute Gasteiger partial charge is 0.414 e. The second-order valence-electron chi connectivity index (χ2n) is 8.98. The predicted molar refractivity (Wildman–Crippen MR) is 135 cm³/mol. The average Bonchev–Trinajstić information content (AvgIpc) is 3.06. The second-order valence-corrected chi connectivity index (χ2v) is 8.98. The number of ether oxygens (including phenoxy) is 1. The van der Waals surface area contributed by atoms with Gasteiger partial charge in [0.2, 0.25) is 5.91 Å². The number of nitrogens with zero attached hydrogens (tertiary/aromatic N) is 4. The average molecular weight is 499 g/mol. The molecule has 2 aromatic rings. The van der Waals surface area contributed by atoms with Crippen LogP contribution in [-0.2, 0) is 9.53 Å². The molecule has 2 N–H and O–H groups in total. The molecule has 2 aliphatic rings. The lowest BCUT2D eigenvalue weighted by molar-refractivity contribution is -0.119. The molecule has 1 atom stereocenters. The summed E-state index contributed by atoms with van der Waals surface area (Å²) in [6.07, 6.45) is -1.08. The van der Waals surface area contributed by atoms with Gasteiger partial charge in [-0.05, 0) is 42.5 Å². The molecule has 0 saturated carbocycles. The number of hydrazine groups is 1. The van der Waals surface area contributed by atoms with Crippen molar-refractivity contribution in [2.24, 2.45) is 0 Å². The summed E-state index contributed by atoms with van der Waals surface area (Å²) in [5, 5.41) is 4.18. The Bertz CT molecular complexity index is 1130. The molecule has 0 unspecified atom stereocenters. The van der Waals surface area contributed by atoms with Gasteiger partial charge in [-0.15, -0.1) is 0 Å². The molecule has 2 fully saturated rings. The molecule has 2 aliphatic heterocycles. The molecule has 4 rings (SSSR count). The van der Waals surface area contributed by atoms with E-state index >= 15 is 4.39 Å². The summed E-state index contributed by atoms with van der Waals surface area (Å²) in [4.78, 5) is 41.5. The van der Waals surface area contributed by atoms with Crippen molar-refractivity contribution in [3.8, 4) is 0 Å². The molecule has 0 aromatic heterocycles. The number of anilines is 3. The maximum atomic E-state index is 15.1. The number of hydrogen-bond acceptors (Lipinski definition) is 7. The first kappa shape index (κ1) is 25.2. The van der Waals surface area contributed by atoms with Crippen molar-refractivity contribution in [2.45, 2.75) is 13.0 Å². The molecule has 11 heteroatoms. The first-order valence-corrected chi connectivity index (χ1v) is 11.8. The van der Waals surface area contributed by atoms with Gasteiger partial charge in [0.05, 0.1) is 31.0 Å². The molecule has 0 spiro atoms. The number of rotatable bonds is 6. The Morgan fingerprint density at radius 1 is 1.14 bits per heavy atom. The number of hydrogen-bond donors (Lipinski definition) is 2. The van der Waals surface area contributed by atoms with Gasteiger partial charge in [0.15, 0.2) is 0 Å². The molecule has 2 aromatic carbocycles. The van der Waals surface area contributed by atoms with E-state index in [1.165, 1.54) is 17.9 Å². The fourth-order valence-corrected chi connectivity index (χ4v) is 4.22. The van der Waals surface area contributed by atoms with Gasteiger partial charge >= 0.3 is 6.09 Å². The van der Waals surface area contributed by atoms with Crippen LogP contribution >= 0.6 is 0 Å². The molecule has 36 heavy (non-hydrogen) atoms. The normalized spacial score (nSPS) is 18.1. The van der Waals surface area contributed by atoms with E-state index in [2.05, 4.69) is 10.7 Å². The van der Waals surface area contributed by atoms with Crippen molar-refractivity contribution in [1.29, 1.82) is 0 Å². The van der Waals surface area contributed by atoms with Gasteiger partial charge in [-0.2, -0.15) is 0 Å². The van der Waals surface area contributed by atoms with Crippen LogP contribution in [-0.4, -0.2) is 82.4 Å². The minimum Gasteiger partial charge on any atom is -0.442 e. The van der Waals surface area contributed by atoms with Crippen LogP contribution in [0.1, 0.15) is 17.3 Å². The number of amides is 3. The minimum absolute atomic E-state index is 0.140. The van der Waals surface area contributed by atoms with Crippen molar-refractivity contribution in [3.05, 3.63) is 53.8 Å². The summed E-state index contributed by atoms with van der Waals surface area (Å²) in [5.41, 5.74) is 5.50. The van der Waals surface area contributed by atoms with Gasteiger partial charge in [0.1, 0.15) is 11.9 Å². The largest absolute Gasteiger partial charge is 0.442 e. The van der Waals surface area contributed by atoms with E-state index in [0.717, 1.165) is 5.69 Å². The van der Waals surface area contributed by atoms with Crippen LogP contribution in [0.15, 0.2) is 42.5 Å². The summed E-state index contributed by atoms with van der Waals surface area (Å²) in [7, 11) is 3.88. The SMILES string of the molecule is CC(=O)NC[C@H]1CN(c2ccc(N3CCNN(C(=O)c4ccc(N(C)C)cc4)CC3)c(F)c2)C(=O)O1. The van der Waals surface area contributed by atoms with Gasteiger partial charge < -0.3 is 19.9 Å². The highest BCUT2D eigenvalue weighted by molar-refractivity contribution is 5.94. The van der Waals surface area contributed by atoms with Crippen LogP contribution in [0.4, 0.5) is 26.2 Å². The van der Waals surface area contributed by atoms with E-state index in [4.69, 9.17) is 4.74 Å². The molecule has 0 bridgehead atoms. The molecular weight excluding hydrogens is 467 g/mol. The summed E-state index contributed by atoms with van der Waals surface area (Å²) >= 11 is 0. The number of cyclic esters (lactones) is 1. The van der Waals surface area contributed by atoms with E-state index in [-0.39, 0.29) is 24.9 Å². The third kappa shape index (κ3) is 5.68. The quantitative estimate of drug-likeness (QED) is 0.627. The van der Waals surface area contributed by atoms with Crippen molar-refractivity contribution < 1.29 is 23.5 Å². The maximum Gasteiger partial charge on any atom is 0.414 e. The van der Waals surface area contributed by atoms with Crippen LogP contribution in [0.5, 0.6) is 0 Å². The summed E-state index contributed by atoms with van der Waals surface area (Å²) < 4.78 is 20.4. The van der Waals surface area contributed by atoms with Crippen LogP contribution < -0.4 is 25.4 Å². The first-order valence-electron chi connectivity index (χ1n) is 11.8. The molecule has 3 amide bonds. The lowest BCUT2D eigenvalue weighted by Crippen LogP contribution is -2.43. The number of halogens is 1. The van der Waals surface area contributed by atoms with E-state index in [0.29, 0.717) is 43.1 Å². The fraction of sp³-hybridized carbons (Fsp3) is 0.400. The Balaban J connectivity index is 1.39. The zero-order chi connectivity index (χ0) is 25.8. The highest BCUT2D eigenvalue weighted by Crippen LogP contribution is 2.28. The number of carbonyl (C=O) groups excluding carboxylic acids is 3. The Morgan fingerprint density at radius 3 is 2.56 bits per heavy atom. The number of nitrogens with one attached hydrogen (secondary N) is 2. The van der Waals surface area contributed by atoms with E-state index in [9.17, 15) is 14.4 Å². The molecule has 0 radical (unpaired) electrons. The molecule has 192 valence electrons. The summed E-state index contributed by atoms with van der Waals surface area (Å²) in [6, 6.07) is 12.0. The Kier molecular flexibility index (Phi) is 7.58. The highest BCUT2D eigenvalue weighted by Gasteiger charge is 2.33. The van der Waals surface area contributed by atoms with Gasteiger partial charge in [-0.1, -0.05) is 0 Å². The van der Waals surface area contributed by atoms with E-state index in [1.807, 2.05) is 36.0 Å². The lowest BCUT2D eigenvalue weighted by Gasteiger charge is -2.24. The predicted octanol–water partition coefficient (Wildman–Crippen LogP) is 1.82. The second kappa shape index (κ2) is 10.8. The third-order valence-electron chi connectivity index (χ3n) is 6.19. The molecule has 10 nitrogen and oxygen atoms in total. The number of benzene rings is 2. The van der Waals surface area contributed by atoms with E-state index < -0.39 is 18.0 Å². The highest BCUT2D eigenvalue weighted by atomic mass is 19.1. The minimum atomic E-state index is -0.579. The van der Waals surface area contributed by atoms with Gasteiger partial charge in [-0.3, -0.25) is 19.5 Å². The number of carbonyl (C=O) groups is 3. The van der Waals surface area contributed by atoms with Crippen LogP contribution in [0, 0.1) is 5.82 Å². The summed E-state index contributed by atoms with van der Waals surface area (Å²) in [5.74, 6) is -0.821. The topological polar surface area (TPSA) is 97.5 Å². The monoisotopic (exact) mass is 498 g/mol. The van der Waals surface area contributed by atoms with E-state index in [1.54, 1.807) is 29.3 Å². The van der Waals surface area contributed by atoms with Crippen LogP contribution in [0.2, 0.25) is 0 Å². The molecule has 2 saturated heterocycles. The molecule has 2 heterocycles. The van der Waals surface area contributed by atoms with Crippen molar-refractivity contribution in [1.82, 2.24) is 15.8 Å². The van der Waals surface area contributed by atoms with Crippen molar-refractivity contribution >= 4 is 35.0 Å². The lowest BCUT2D eigenvalue weighted by atomic mass is 10.2. The Labute approximate surface area is 209 Å². The van der Waals surface area contributed by atoms with Crippen LogP contribution in [0.3, 0.4) is 0 Å². The van der Waals surface area contributed by atoms with Crippen molar-refractivity contribution in [2.75, 3.05) is 68.1 Å². The molecular formula is C25H31FN6O4. The van der Waals surface area contributed by atoms with Crippen molar-refractivity contribution in [3.63, 3.8) is 0 Å². The zero-order valence-corrected chi connectivity index (χ0v) is 20.7. The zero-order valence-electron chi connectivity index (χ0n) is 20.7. The standard InChI is InChI=1S/C25H31FN6O4/c1-17(33)27-15-21-16-31(25(35)36-21)20-8-9-23(22(26)14-20)30-11-10-28-32(13-12-30)24(34)18-4-6-19(7-5-18)29(2)3/h4-9,14,21,28H,10-13,15-16H2,1-3H3,(H,27,33)/t21-/m0/s1. The molecule has 0 aliphatic carbocycles. The van der Waals surface area contributed by atoms with Gasteiger partial charge in [-0.25, -0.2) is 14.6 Å².